The molecule has 0 saturated heterocycles. The minimum atomic E-state index is -0.0881. The average molecular weight is 366 g/mol. The number of aromatic amines is 1. The monoisotopic (exact) mass is 366 g/mol. The Hall–Kier alpha value is -2.73. The fraction of sp³-hybridized carbons (Fsp3) is 0.250. The molecule has 0 aliphatic carbocycles. The van der Waals surface area contributed by atoms with E-state index in [-0.39, 0.29) is 11.9 Å². The van der Waals surface area contributed by atoms with Crippen LogP contribution in [0.5, 0.6) is 0 Å². The first kappa shape index (κ1) is 18.1. The summed E-state index contributed by atoms with van der Waals surface area (Å²) in [6.07, 6.45) is 0.624. The molecule has 3 aromatic rings. The van der Waals surface area contributed by atoms with Gasteiger partial charge in [-0.15, -0.1) is 0 Å². The fourth-order valence-electron chi connectivity index (χ4n) is 2.88. The van der Waals surface area contributed by atoms with Gasteiger partial charge in [0.1, 0.15) is 5.82 Å². The van der Waals surface area contributed by atoms with Crippen molar-refractivity contribution in [1.29, 1.82) is 0 Å². The number of carbonyl (C=O) groups is 1. The lowest BCUT2D eigenvalue weighted by Gasteiger charge is -2.11. The van der Waals surface area contributed by atoms with Gasteiger partial charge in [0.05, 0.1) is 0 Å². The van der Waals surface area contributed by atoms with E-state index in [0.717, 1.165) is 17.0 Å². The minimum Gasteiger partial charge on any atom is -0.352 e. The second-order valence-electron chi connectivity index (χ2n) is 6.36. The van der Waals surface area contributed by atoms with Crippen molar-refractivity contribution in [2.75, 3.05) is 6.54 Å². The van der Waals surface area contributed by atoms with E-state index in [1.807, 2.05) is 47.0 Å². The zero-order valence-corrected chi connectivity index (χ0v) is 15.7. The summed E-state index contributed by atoms with van der Waals surface area (Å²) in [5.74, 6) is 0.763. The maximum Gasteiger partial charge on any atom is 0.251 e. The number of aromatic nitrogens is 3. The Kier molecular flexibility index (Phi) is 5.63. The number of rotatable bonds is 6. The average Bonchev–Trinajstić information content (AvgIpc) is 3.03. The van der Waals surface area contributed by atoms with Gasteiger partial charge in [-0.1, -0.05) is 42.5 Å². The number of amides is 1. The summed E-state index contributed by atoms with van der Waals surface area (Å²) in [7, 11) is 0. The van der Waals surface area contributed by atoms with Crippen LogP contribution in [-0.2, 0) is 6.42 Å². The first-order chi connectivity index (χ1) is 12.6. The third-order valence-electron chi connectivity index (χ3n) is 4.18. The molecule has 2 aromatic carbocycles. The molecule has 2 N–H and O–H groups in total. The van der Waals surface area contributed by atoms with Gasteiger partial charge in [0.2, 0.25) is 0 Å². The van der Waals surface area contributed by atoms with Gasteiger partial charge in [0, 0.05) is 24.6 Å². The Morgan fingerprint density at radius 2 is 1.77 bits per heavy atom. The molecule has 0 aliphatic heterocycles. The number of hydrogen-bond donors (Lipinski definition) is 2. The normalized spacial score (nSPS) is 10.9. The summed E-state index contributed by atoms with van der Waals surface area (Å²) in [6, 6.07) is 18.0. The van der Waals surface area contributed by atoms with Crippen molar-refractivity contribution in [3.05, 3.63) is 70.8 Å². The molecule has 134 valence electrons. The number of benzene rings is 2. The molecule has 0 saturated carbocycles. The molecule has 26 heavy (non-hydrogen) atoms. The minimum absolute atomic E-state index is 0.0881. The standard InChI is InChI=1S/C20H22N4OS/c1-14(2)24-18(22-23-20(24)26)12-13-21-19(25)17-10-8-16(9-11-17)15-6-4-3-5-7-15/h3-11,14H,12-13H2,1-2H3,(H,21,25)(H,23,26). The molecular formula is C20H22N4OS. The van der Waals surface area contributed by atoms with Crippen molar-refractivity contribution in [2.45, 2.75) is 26.3 Å². The molecule has 1 heterocycles. The van der Waals surface area contributed by atoms with Crippen LogP contribution in [0.2, 0.25) is 0 Å². The second kappa shape index (κ2) is 8.10. The van der Waals surface area contributed by atoms with E-state index in [2.05, 4.69) is 41.5 Å². The van der Waals surface area contributed by atoms with Crippen molar-refractivity contribution in [2.24, 2.45) is 0 Å². The van der Waals surface area contributed by atoms with Gasteiger partial charge in [0.25, 0.3) is 5.91 Å². The van der Waals surface area contributed by atoms with Crippen molar-refractivity contribution in [1.82, 2.24) is 20.1 Å². The highest BCUT2D eigenvalue weighted by Crippen LogP contribution is 2.19. The van der Waals surface area contributed by atoms with Gasteiger partial charge >= 0.3 is 0 Å². The van der Waals surface area contributed by atoms with Crippen molar-refractivity contribution >= 4 is 18.1 Å². The van der Waals surface area contributed by atoms with Crippen LogP contribution in [0.3, 0.4) is 0 Å². The molecule has 0 fully saturated rings. The van der Waals surface area contributed by atoms with Crippen LogP contribution in [0, 0.1) is 4.77 Å². The Labute approximate surface area is 158 Å². The lowest BCUT2D eigenvalue weighted by atomic mass is 10.0. The molecule has 0 bridgehead atoms. The maximum atomic E-state index is 12.3. The van der Waals surface area contributed by atoms with Gasteiger partial charge < -0.3 is 9.88 Å². The van der Waals surface area contributed by atoms with Crippen molar-refractivity contribution < 1.29 is 4.79 Å². The maximum absolute atomic E-state index is 12.3. The molecule has 6 heteroatoms. The summed E-state index contributed by atoms with van der Waals surface area (Å²) in [5.41, 5.74) is 2.87. The van der Waals surface area contributed by atoms with Crippen LogP contribution in [0.4, 0.5) is 0 Å². The highest BCUT2D eigenvalue weighted by molar-refractivity contribution is 7.71. The van der Waals surface area contributed by atoms with E-state index in [1.165, 1.54) is 0 Å². The highest BCUT2D eigenvalue weighted by Gasteiger charge is 2.10. The van der Waals surface area contributed by atoms with Gasteiger partial charge in [-0.05, 0) is 49.3 Å². The molecule has 3 rings (SSSR count). The quantitative estimate of drug-likeness (QED) is 0.644. The lowest BCUT2D eigenvalue weighted by Crippen LogP contribution is -2.26. The molecule has 0 spiro atoms. The molecule has 0 aliphatic rings. The third-order valence-corrected chi connectivity index (χ3v) is 4.47. The smallest absolute Gasteiger partial charge is 0.251 e. The Balaban J connectivity index is 1.60. The van der Waals surface area contributed by atoms with E-state index >= 15 is 0 Å². The molecular weight excluding hydrogens is 344 g/mol. The lowest BCUT2D eigenvalue weighted by molar-refractivity contribution is 0.0954. The molecule has 1 amide bonds. The Morgan fingerprint density at radius 1 is 1.12 bits per heavy atom. The summed E-state index contributed by atoms with van der Waals surface area (Å²) in [6.45, 7) is 4.62. The molecule has 0 unspecified atom stereocenters. The van der Waals surface area contributed by atoms with Crippen LogP contribution in [0.25, 0.3) is 11.1 Å². The van der Waals surface area contributed by atoms with E-state index in [4.69, 9.17) is 12.2 Å². The molecule has 0 atom stereocenters. The number of nitrogens with zero attached hydrogens (tertiary/aromatic N) is 2. The molecule has 1 aromatic heterocycles. The number of H-pyrrole nitrogens is 1. The van der Waals surface area contributed by atoms with E-state index < -0.39 is 0 Å². The predicted octanol–water partition coefficient (Wildman–Crippen LogP) is 4.16. The molecule has 0 radical (unpaired) electrons. The summed E-state index contributed by atoms with van der Waals surface area (Å²) >= 11 is 5.24. The fourth-order valence-corrected chi connectivity index (χ4v) is 3.24. The van der Waals surface area contributed by atoms with Crippen LogP contribution in [0.15, 0.2) is 54.6 Å². The van der Waals surface area contributed by atoms with Crippen LogP contribution in [0.1, 0.15) is 36.1 Å². The van der Waals surface area contributed by atoms with Crippen LogP contribution in [-0.4, -0.2) is 27.2 Å². The van der Waals surface area contributed by atoms with E-state index in [1.54, 1.807) is 0 Å². The Bertz CT molecular complexity index is 926. The Morgan fingerprint density at radius 3 is 2.42 bits per heavy atom. The van der Waals surface area contributed by atoms with Gasteiger partial charge in [-0.3, -0.25) is 9.89 Å². The first-order valence-electron chi connectivity index (χ1n) is 8.65. The van der Waals surface area contributed by atoms with Crippen LogP contribution >= 0.6 is 12.2 Å². The summed E-state index contributed by atoms with van der Waals surface area (Å²) in [4.78, 5) is 12.3. The van der Waals surface area contributed by atoms with Gasteiger partial charge in [-0.2, -0.15) is 5.10 Å². The van der Waals surface area contributed by atoms with Crippen molar-refractivity contribution in [3.8, 4) is 11.1 Å². The zero-order valence-electron chi connectivity index (χ0n) is 14.9. The number of hydrogen-bond acceptors (Lipinski definition) is 3. The highest BCUT2D eigenvalue weighted by atomic mass is 32.1. The topological polar surface area (TPSA) is 62.7 Å². The van der Waals surface area contributed by atoms with Crippen LogP contribution < -0.4 is 5.32 Å². The largest absolute Gasteiger partial charge is 0.352 e. The van der Waals surface area contributed by atoms with Crippen molar-refractivity contribution in [3.63, 3.8) is 0 Å². The zero-order chi connectivity index (χ0) is 18.5. The summed E-state index contributed by atoms with van der Waals surface area (Å²) < 4.78 is 2.58. The SMILES string of the molecule is CC(C)n1c(CCNC(=O)c2ccc(-c3ccccc3)cc2)n[nH]c1=S. The molecule has 5 nitrogen and oxygen atoms in total. The first-order valence-corrected chi connectivity index (χ1v) is 9.06. The third kappa shape index (κ3) is 4.08. The van der Waals surface area contributed by atoms with E-state index in [0.29, 0.717) is 23.3 Å². The van der Waals surface area contributed by atoms with E-state index in [9.17, 15) is 4.79 Å². The van der Waals surface area contributed by atoms with Gasteiger partial charge in [0.15, 0.2) is 4.77 Å². The number of nitrogens with one attached hydrogen (secondary N) is 2. The predicted molar refractivity (Wildman–Crippen MR) is 106 cm³/mol. The second-order valence-corrected chi connectivity index (χ2v) is 6.74. The summed E-state index contributed by atoms with van der Waals surface area (Å²) in [5, 5.41) is 10.0. The number of carbonyl (C=O) groups excluding carboxylic acids is 1. The van der Waals surface area contributed by atoms with Gasteiger partial charge in [-0.25, -0.2) is 0 Å².